The second kappa shape index (κ2) is 7.33. The summed E-state index contributed by atoms with van der Waals surface area (Å²) in [5.41, 5.74) is 0. The SMILES string of the molecule is CCCCS(=O)(=O)N1CCC(C(=O)Nc2nccs2)CC1. The Bertz CT molecular complexity index is 549. The molecule has 0 aliphatic carbocycles. The number of sulfonamides is 1. The average molecular weight is 331 g/mol. The summed E-state index contributed by atoms with van der Waals surface area (Å²) in [6.07, 6.45) is 4.34. The average Bonchev–Trinajstić information content (AvgIpc) is 2.98. The summed E-state index contributed by atoms with van der Waals surface area (Å²) in [5.74, 6) is 0.0153. The highest BCUT2D eigenvalue weighted by Crippen LogP contribution is 2.22. The zero-order valence-electron chi connectivity index (χ0n) is 12.1. The molecule has 2 heterocycles. The van der Waals surface area contributed by atoms with Gasteiger partial charge < -0.3 is 5.32 Å². The number of carbonyl (C=O) groups is 1. The molecule has 0 saturated carbocycles. The molecule has 8 heteroatoms. The van der Waals surface area contributed by atoms with Crippen molar-refractivity contribution in [1.29, 1.82) is 0 Å². The van der Waals surface area contributed by atoms with Gasteiger partial charge >= 0.3 is 0 Å². The number of nitrogens with one attached hydrogen (secondary N) is 1. The first-order chi connectivity index (χ1) is 10.0. The molecule has 1 aliphatic heterocycles. The highest BCUT2D eigenvalue weighted by Gasteiger charge is 2.30. The Hall–Kier alpha value is -0.990. The van der Waals surface area contributed by atoms with E-state index in [1.807, 2.05) is 6.92 Å². The molecule has 1 aromatic rings. The minimum atomic E-state index is -3.15. The van der Waals surface area contributed by atoms with Crippen LogP contribution in [0.1, 0.15) is 32.6 Å². The van der Waals surface area contributed by atoms with Crippen LogP contribution in [0, 0.1) is 5.92 Å². The minimum Gasteiger partial charge on any atom is -0.302 e. The molecular formula is C13H21N3O3S2. The lowest BCUT2D eigenvalue weighted by Gasteiger charge is -2.30. The number of amides is 1. The fourth-order valence-electron chi connectivity index (χ4n) is 2.34. The van der Waals surface area contributed by atoms with Gasteiger partial charge in [0.25, 0.3) is 0 Å². The first-order valence-electron chi connectivity index (χ1n) is 7.21. The number of carbonyl (C=O) groups excluding carboxylic acids is 1. The van der Waals surface area contributed by atoms with Gasteiger partial charge in [-0.2, -0.15) is 0 Å². The molecule has 0 aromatic carbocycles. The summed E-state index contributed by atoms with van der Waals surface area (Å²) < 4.78 is 25.7. The molecule has 0 unspecified atom stereocenters. The number of rotatable bonds is 6. The van der Waals surface area contributed by atoms with E-state index in [9.17, 15) is 13.2 Å². The first-order valence-corrected chi connectivity index (χ1v) is 9.70. The zero-order chi connectivity index (χ0) is 15.3. The van der Waals surface area contributed by atoms with Gasteiger partial charge in [0.2, 0.25) is 15.9 Å². The molecular weight excluding hydrogens is 310 g/mol. The van der Waals surface area contributed by atoms with Crippen LogP contribution in [0.15, 0.2) is 11.6 Å². The number of piperidine rings is 1. The van der Waals surface area contributed by atoms with Crippen molar-refractivity contribution in [2.24, 2.45) is 5.92 Å². The van der Waals surface area contributed by atoms with Gasteiger partial charge in [-0.1, -0.05) is 13.3 Å². The van der Waals surface area contributed by atoms with Gasteiger partial charge in [-0.3, -0.25) is 4.79 Å². The molecule has 0 bridgehead atoms. The Morgan fingerprint density at radius 2 is 2.19 bits per heavy atom. The van der Waals surface area contributed by atoms with Gasteiger partial charge in [-0.15, -0.1) is 11.3 Å². The standard InChI is InChI=1S/C13H21N3O3S2/c1-2-3-10-21(18,19)16-7-4-11(5-8-16)12(17)15-13-14-6-9-20-13/h6,9,11H,2-5,7-8,10H2,1H3,(H,14,15,17). The van der Waals surface area contributed by atoms with E-state index in [4.69, 9.17) is 0 Å². The Morgan fingerprint density at radius 3 is 2.76 bits per heavy atom. The van der Waals surface area contributed by atoms with Crippen LogP contribution < -0.4 is 5.32 Å². The topological polar surface area (TPSA) is 79.4 Å². The maximum absolute atomic E-state index is 12.1. The lowest BCUT2D eigenvalue weighted by Crippen LogP contribution is -2.42. The van der Waals surface area contributed by atoms with E-state index in [1.54, 1.807) is 11.6 Å². The number of nitrogens with zero attached hydrogens (tertiary/aromatic N) is 2. The molecule has 0 spiro atoms. The van der Waals surface area contributed by atoms with Crippen molar-refractivity contribution in [3.05, 3.63) is 11.6 Å². The fraction of sp³-hybridized carbons (Fsp3) is 0.692. The van der Waals surface area contributed by atoms with Gasteiger partial charge in [0, 0.05) is 30.6 Å². The number of aromatic nitrogens is 1. The predicted molar refractivity (Wildman–Crippen MR) is 83.7 cm³/mol. The van der Waals surface area contributed by atoms with Crippen LogP contribution in [-0.2, 0) is 14.8 Å². The van der Waals surface area contributed by atoms with E-state index in [-0.39, 0.29) is 17.6 Å². The van der Waals surface area contributed by atoms with Crippen LogP contribution in [0.5, 0.6) is 0 Å². The van der Waals surface area contributed by atoms with E-state index in [0.717, 1.165) is 6.42 Å². The summed E-state index contributed by atoms with van der Waals surface area (Å²) in [5, 5.41) is 5.18. The molecule has 1 aromatic heterocycles. The van der Waals surface area contributed by atoms with Crippen molar-refractivity contribution in [1.82, 2.24) is 9.29 Å². The van der Waals surface area contributed by atoms with Gasteiger partial charge in [0.05, 0.1) is 5.75 Å². The van der Waals surface area contributed by atoms with E-state index in [2.05, 4.69) is 10.3 Å². The molecule has 1 saturated heterocycles. The maximum atomic E-state index is 12.1. The Kier molecular flexibility index (Phi) is 5.72. The highest BCUT2D eigenvalue weighted by molar-refractivity contribution is 7.89. The van der Waals surface area contributed by atoms with Crippen LogP contribution in [0.25, 0.3) is 0 Å². The maximum Gasteiger partial charge on any atom is 0.229 e. The van der Waals surface area contributed by atoms with E-state index >= 15 is 0 Å². The van der Waals surface area contributed by atoms with Crippen LogP contribution in [0.2, 0.25) is 0 Å². The van der Waals surface area contributed by atoms with Crippen LogP contribution >= 0.6 is 11.3 Å². The summed E-state index contributed by atoms with van der Waals surface area (Å²) in [7, 11) is -3.15. The summed E-state index contributed by atoms with van der Waals surface area (Å²) in [6, 6.07) is 0. The largest absolute Gasteiger partial charge is 0.302 e. The second-order valence-corrected chi connectivity index (χ2v) is 8.15. The second-order valence-electron chi connectivity index (χ2n) is 5.17. The predicted octanol–water partition coefficient (Wildman–Crippen LogP) is 1.92. The summed E-state index contributed by atoms with van der Waals surface area (Å²) in [4.78, 5) is 16.1. The van der Waals surface area contributed by atoms with E-state index < -0.39 is 10.0 Å². The Balaban J connectivity index is 1.84. The number of hydrogen-bond donors (Lipinski definition) is 1. The minimum absolute atomic E-state index is 0.0597. The molecule has 1 amide bonds. The lowest BCUT2D eigenvalue weighted by molar-refractivity contribution is -0.120. The lowest BCUT2D eigenvalue weighted by atomic mass is 9.97. The number of thiazole rings is 1. The van der Waals surface area contributed by atoms with Gasteiger partial charge in [0.15, 0.2) is 5.13 Å². The number of hydrogen-bond acceptors (Lipinski definition) is 5. The summed E-state index contributed by atoms with van der Waals surface area (Å²) >= 11 is 1.38. The molecule has 1 aliphatic rings. The molecule has 6 nitrogen and oxygen atoms in total. The molecule has 21 heavy (non-hydrogen) atoms. The normalized spacial score (nSPS) is 17.8. The van der Waals surface area contributed by atoms with Crippen molar-refractivity contribution >= 4 is 32.4 Å². The molecule has 1 N–H and O–H groups in total. The van der Waals surface area contributed by atoms with Crippen molar-refractivity contribution < 1.29 is 13.2 Å². The third kappa shape index (κ3) is 4.49. The number of anilines is 1. The molecule has 118 valence electrons. The molecule has 2 rings (SSSR count). The third-order valence-electron chi connectivity index (χ3n) is 3.64. The van der Waals surface area contributed by atoms with E-state index in [0.29, 0.717) is 37.5 Å². The van der Waals surface area contributed by atoms with Crippen LogP contribution in [0.3, 0.4) is 0 Å². The molecule has 1 fully saturated rings. The van der Waals surface area contributed by atoms with Gasteiger partial charge in [-0.05, 0) is 19.3 Å². The van der Waals surface area contributed by atoms with E-state index in [1.165, 1.54) is 15.6 Å². The first kappa shape index (κ1) is 16.4. The van der Waals surface area contributed by atoms with Crippen molar-refractivity contribution in [3.8, 4) is 0 Å². The Morgan fingerprint density at radius 1 is 1.48 bits per heavy atom. The smallest absolute Gasteiger partial charge is 0.229 e. The number of unbranched alkanes of at least 4 members (excludes halogenated alkanes) is 1. The van der Waals surface area contributed by atoms with Crippen LogP contribution in [0.4, 0.5) is 5.13 Å². The highest BCUT2D eigenvalue weighted by atomic mass is 32.2. The quantitative estimate of drug-likeness (QED) is 0.864. The van der Waals surface area contributed by atoms with Crippen molar-refractivity contribution in [2.75, 3.05) is 24.2 Å². The van der Waals surface area contributed by atoms with Crippen LogP contribution in [-0.4, -0.2) is 42.5 Å². The van der Waals surface area contributed by atoms with Gasteiger partial charge in [0.1, 0.15) is 0 Å². The fourth-order valence-corrected chi connectivity index (χ4v) is 4.56. The zero-order valence-corrected chi connectivity index (χ0v) is 13.8. The molecule has 0 atom stereocenters. The van der Waals surface area contributed by atoms with Gasteiger partial charge in [-0.25, -0.2) is 17.7 Å². The van der Waals surface area contributed by atoms with Crippen molar-refractivity contribution in [2.45, 2.75) is 32.6 Å². The molecule has 0 radical (unpaired) electrons. The summed E-state index contributed by atoms with van der Waals surface area (Å²) in [6.45, 7) is 2.84. The third-order valence-corrected chi connectivity index (χ3v) is 6.28. The monoisotopic (exact) mass is 331 g/mol. The Labute approximate surface area is 129 Å². The van der Waals surface area contributed by atoms with Crippen molar-refractivity contribution in [3.63, 3.8) is 0 Å².